The summed E-state index contributed by atoms with van der Waals surface area (Å²) in [6, 6.07) is 5.73. The molecule has 4 rings (SSSR count). The van der Waals surface area contributed by atoms with E-state index in [4.69, 9.17) is 0 Å². The molecule has 0 atom stereocenters. The molecule has 32 heavy (non-hydrogen) atoms. The second-order valence-electron chi connectivity index (χ2n) is 8.51. The molecule has 2 aromatic heterocycles. The zero-order valence-electron chi connectivity index (χ0n) is 18.8. The molecule has 1 aliphatic carbocycles. The summed E-state index contributed by atoms with van der Waals surface area (Å²) in [6.07, 6.45) is 11.5. The summed E-state index contributed by atoms with van der Waals surface area (Å²) in [7, 11) is -3.67. The fourth-order valence-electron chi connectivity index (χ4n) is 4.21. The maximum atomic E-state index is 13.1. The number of nitrogens with one attached hydrogen (secondary N) is 2. The van der Waals surface area contributed by atoms with Crippen LogP contribution in [0.25, 0.3) is 10.4 Å². The monoisotopic (exact) mass is 473 g/mol. The van der Waals surface area contributed by atoms with Crippen molar-refractivity contribution < 1.29 is 8.42 Å². The Morgan fingerprint density at radius 3 is 2.69 bits per heavy atom. The summed E-state index contributed by atoms with van der Waals surface area (Å²) >= 11 is 1.62. The molecular formula is C23H31N5O2S2. The van der Waals surface area contributed by atoms with Crippen LogP contribution in [0.5, 0.6) is 0 Å². The number of rotatable bonds is 8. The van der Waals surface area contributed by atoms with Crippen molar-refractivity contribution in [1.82, 2.24) is 19.3 Å². The number of sulfonamides is 1. The van der Waals surface area contributed by atoms with Crippen molar-refractivity contribution in [2.45, 2.75) is 69.7 Å². The van der Waals surface area contributed by atoms with Gasteiger partial charge in [-0.1, -0.05) is 32.3 Å². The highest BCUT2D eigenvalue weighted by Crippen LogP contribution is 2.40. The van der Waals surface area contributed by atoms with E-state index in [0.717, 1.165) is 15.7 Å². The average Bonchev–Trinajstić information content (AvgIpc) is 3.44. The number of nitrogens with zero attached hydrogens (tertiary/aromatic N) is 3. The van der Waals surface area contributed by atoms with Crippen molar-refractivity contribution in [2.24, 2.45) is 0 Å². The minimum absolute atomic E-state index is 0.236. The van der Waals surface area contributed by atoms with Crippen LogP contribution in [-0.2, 0) is 10.0 Å². The Labute approximate surface area is 194 Å². The zero-order valence-corrected chi connectivity index (χ0v) is 20.5. The lowest BCUT2D eigenvalue weighted by Gasteiger charge is -2.19. The molecule has 0 amide bonds. The van der Waals surface area contributed by atoms with Gasteiger partial charge in [0.2, 0.25) is 10.0 Å². The van der Waals surface area contributed by atoms with Gasteiger partial charge in [0.25, 0.3) is 0 Å². The molecule has 9 heteroatoms. The normalized spacial score (nSPS) is 15.4. The number of anilines is 2. The van der Waals surface area contributed by atoms with E-state index in [9.17, 15) is 8.42 Å². The van der Waals surface area contributed by atoms with Gasteiger partial charge in [-0.3, -0.25) is 0 Å². The van der Waals surface area contributed by atoms with Crippen LogP contribution in [0.15, 0.2) is 41.8 Å². The molecule has 1 saturated carbocycles. The summed E-state index contributed by atoms with van der Waals surface area (Å²) in [4.78, 5) is 10.0. The van der Waals surface area contributed by atoms with Gasteiger partial charge in [0, 0.05) is 36.0 Å². The molecule has 2 heterocycles. The van der Waals surface area contributed by atoms with Crippen LogP contribution in [0, 0.1) is 0 Å². The van der Waals surface area contributed by atoms with E-state index in [2.05, 4.69) is 33.9 Å². The number of aromatic nitrogens is 3. The number of hydrogen-bond donors (Lipinski definition) is 2. The highest BCUT2D eigenvalue weighted by molar-refractivity contribution is 7.89. The zero-order chi connectivity index (χ0) is 22.7. The van der Waals surface area contributed by atoms with Gasteiger partial charge in [0.15, 0.2) is 0 Å². The Morgan fingerprint density at radius 1 is 1.19 bits per heavy atom. The van der Waals surface area contributed by atoms with Gasteiger partial charge in [-0.15, -0.1) is 11.3 Å². The van der Waals surface area contributed by atoms with Gasteiger partial charge in [-0.2, -0.15) is 0 Å². The quantitative estimate of drug-likeness (QED) is 0.439. The van der Waals surface area contributed by atoms with Crippen LogP contribution in [-0.4, -0.2) is 29.5 Å². The number of thiazole rings is 1. The average molecular weight is 474 g/mol. The lowest BCUT2D eigenvalue weighted by Crippen LogP contribution is -2.23. The summed E-state index contributed by atoms with van der Waals surface area (Å²) < 4.78 is 30.8. The van der Waals surface area contributed by atoms with Crippen LogP contribution in [0.4, 0.5) is 11.5 Å². The van der Waals surface area contributed by atoms with Gasteiger partial charge in [-0.05, 0) is 38.8 Å². The van der Waals surface area contributed by atoms with E-state index >= 15 is 0 Å². The smallest absolute Gasteiger partial charge is 0.241 e. The predicted octanol–water partition coefficient (Wildman–Crippen LogP) is 5.68. The fraction of sp³-hybridized carbons (Fsp3) is 0.478. The number of hydrogen-bond acceptors (Lipinski definition) is 6. The molecule has 1 aliphatic rings. The van der Waals surface area contributed by atoms with Crippen LogP contribution in [0.2, 0.25) is 0 Å². The fourth-order valence-corrected chi connectivity index (χ4v) is 6.68. The summed E-state index contributed by atoms with van der Waals surface area (Å²) in [5.74, 6) is 1.31. The Bertz CT molecular complexity index is 1160. The van der Waals surface area contributed by atoms with Crippen molar-refractivity contribution in [1.29, 1.82) is 0 Å². The van der Waals surface area contributed by atoms with E-state index in [0.29, 0.717) is 23.7 Å². The van der Waals surface area contributed by atoms with Gasteiger partial charge in [0.1, 0.15) is 5.82 Å². The van der Waals surface area contributed by atoms with Crippen molar-refractivity contribution in [3.05, 3.63) is 41.9 Å². The number of imidazole rings is 1. The van der Waals surface area contributed by atoms with Gasteiger partial charge < -0.3 is 9.88 Å². The lowest BCUT2D eigenvalue weighted by atomic mass is 9.90. The molecule has 0 saturated heterocycles. The van der Waals surface area contributed by atoms with E-state index in [1.165, 1.54) is 32.1 Å². The third-order valence-corrected chi connectivity index (χ3v) is 8.62. The van der Waals surface area contributed by atoms with Gasteiger partial charge in [0.05, 0.1) is 27.3 Å². The highest BCUT2D eigenvalue weighted by atomic mass is 32.2. The summed E-state index contributed by atoms with van der Waals surface area (Å²) in [5.41, 5.74) is 1.39. The van der Waals surface area contributed by atoms with Crippen LogP contribution in [0.1, 0.15) is 69.8 Å². The molecule has 0 radical (unpaired) electrons. The maximum Gasteiger partial charge on any atom is 0.241 e. The second-order valence-corrected chi connectivity index (χ2v) is 11.3. The summed E-state index contributed by atoms with van der Waals surface area (Å²) in [6.45, 7) is 6.26. The minimum Gasteiger partial charge on any atom is -0.340 e. The number of benzene rings is 1. The molecule has 172 valence electrons. The van der Waals surface area contributed by atoms with Crippen LogP contribution < -0.4 is 10.0 Å². The topological polar surface area (TPSA) is 88.9 Å². The third kappa shape index (κ3) is 4.89. The Kier molecular flexibility index (Phi) is 6.97. The predicted molar refractivity (Wildman–Crippen MR) is 130 cm³/mol. The Hall–Kier alpha value is -2.23. The molecule has 3 aromatic rings. The Balaban J connectivity index is 1.71. The molecule has 0 spiro atoms. The first-order chi connectivity index (χ1) is 15.4. The molecule has 0 aliphatic heterocycles. The van der Waals surface area contributed by atoms with Crippen molar-refractivity contribution in [3.63, 3.8) is 0 Å². The van der Waals surface area contributed by atoms with E-state index < -0.39 is 10.0 Å². The standard InChI is InChI=1S/C23H31N5O2S2/c1-4-26-32(29,30)21-12-18(27-22-14-24-15-28(22)16(2)3)10-11-19(21)20-13-25-23(31-20)17-8-6-5-7-9-17/h10-17,26-27H,4-9H2,1-3H3. The van der Waals surface area contributed by atoms with E-state index in [1.54, 1.807) is 36.9 Å². The molecule has 0 bridgehead atoms. The molecule has 1 fully saturated rings. The molecule has 0 unspecified atom stereocenters. The third-order valence-electron chi connectivity index (χ3n) is 5.84. The van der Waals surface area contributed by atoms with Crippen LogP contribution in [0.3, 0.4) is 0 Å². The lowest BCUT2D eigenvalue weighted by molar-refractivity contribution is 0.442. The second kappa shape index (κ2) is 9.72. The van der Waals surface area contributed by atoms with Gasteiger partial charge in [-0.25, -0.2) is 23.1 Å². The Morgan fingerprint density at radius 2 is 1.97 bits per heavy atom. The first-order valence-electron chi connectivity index (χ1n) is 11.3. The molecule has 7 nitrogen and oxygen atoms in total. The van der Waals surface area contributed by atoms with E-state index in [-0.39, 0.29) is 10.9 Å². The first-order valence-corrected chi connectivity index (χ1v) is 13.6. The first kappa shape index (κ1) is 22.9. The van der Waals surface area contributed by atoms with Gasteiger partial charge >= 0.3 is 0 Å². The van der Waals surface area contributed by atoms with Crippen molar-refractivity contribution >= 4 is 32.9 Å². The minimum atomic E-state index is -3.67. The van der Waals surface area contributed by atoms with Crippen LogP contribution >= 0.6 is 11.3 Å². The van der Waals surface area contributed by atoms with Crippen molar-refractivity contribution in [2.75, 3.05) is 11.9 Å². The SMILES string of the molecule is CCNS(=O)(=O)c1cc(Nc2cncn2C(C)C)ccc1-c1cnc(C2CCCCC2)s1. The molecule has 2 N–H and O–H groups in total. The largest absolute Gasteiger partial charge is 0.340 e. The summed E-state index contributed by atoms with van der Waals surface area (Å²) in [5, 5.41) is 4.44. The van der Waals surface area contributed by atoms with E-state index in [1.807, 2.05) is 22.9 Å². The maximum absolute atomic E-state index is 13.1. The molecule has 1 aromatic carbocycles. The highest BCUT2D eigenvalue weighted by Gasteiger charge is 2.23. The molecular weight excluding hydrogens is 442 g/mol. The van der Waals surface area contributed by atoms with Crippen molar-refractivity contribution in [3.8, 4) is 10.4 Å².